The van der Waals surface area contributed by atoms with E-state index >= 15 is 0 Å². The SMILES string of the molecule is CCC(CN)(COC)N(C)Cc1ccncc1. The zero-order chi connectivity index (χ0) is 12.7. The lowest BCUT2D eigenvalue weighted by atomic mass is 9.94. The van der Waals surface area contributed by atoms with E-state index in [1.54, 1.807) is 7.11 Å². The van der Waals surface area contributed by atoms with Gasteiger partial charge in [0.15, 0.2) is 0 Å². The van der Waals surface area contributed by atoms with Crippen molar-refractivity contribution in [1.29, 1.82) is 0 Å². The first kappa shape index (κ1) is 14.1. The van der Waals surface area contributed by atoms with Crippen molar-refractivity contribution in [3.05, 3.63) is 30.1 Å². The molecule has 4 heteroatoms. The van der Waals surface area contributed by atoms with E-state index in [1.807, 2.05) is 24.5 Å². The fourth-order valence-corrected chi connectivity index (χ4v) is 2.04. The van der Waals surface area contributed by atoms with Gasteiger partial charge in [-0.1, -0.05) is 6.92 Å². The monoisotopic (exact) mass is 237 g/mol. The third-order valence-electron chi connectivity index (χ3n) is 3.43. The molecule has 0 radical (unpaired) electrons. The average molecular weight is 237 g/mol. The molecule has 0 amide bonds. The lowest BCUT2D eigenvalue weighted by Gasteiger charge is -2.40. The summed E-state index contributed by atoms with van der Waals surface area (Å²) in [5.74, 6) is 0. The Morgan fingerprint density at radius 2 is 2.06 bits per heavy atom. The summed E-state index contributed by atoms with van der Waals surface area (Å²) in [5.41, 5.74) is 7.08. The maximum Gasteiger partial charge on any atom is 0.0658 e. The second kappa shape index (κ2) is 6.69. The number of hydrogen-bond acceptors (Lipinski definition) is 4. The van der Waals surface area contributed by atoms with Crippen LogP contribution in [-0.4, -0.2) is 42.7 Å². The van der Waals surface area contributed by atoms with Crippen LogP contribution in [0.1, 0.15) is 18.9 Å². The molecule has 0 bridgehead atoms. The minimum absolute atomic E-state index is 0.0853. The first-order chi connectivity index (χ1) is 8.18. The van der Waals surface area contributed by atoms with E-state index in [9.17, 15) is 0 Å². The third kappa shape index (κ3) is 3.49. The Morgan fingerprint density at radius 1 is 1.41 bits per heavy atom. The molecule has 1 unspecified atom stereocenters. The fourth-order valence-electron chi connectivity index (χ4n) is 2.04. The van der Waals surface area contributed by atoms with Crippen LogP contribution >= 0.6 is 0 Å². The van der Waals surface area contributed by atoms with E-state index in [2.05, 4.69) is 23.9 Å². The molecule has 0 fully saturated rings. The first-order valence-electron chi connectivity index (χ1n) is 5.97. The molecule has 0 saturated carbocycles. The molecule has 1 heterocycles. The topological polar surface area (TPSA) is 51.4 Å². The van der Waals surface area contributed by atoms with Crippen molar-refractivity contribution in [1.82, 2.24) is 9.88 Å². The van der Waals surface area contributed by atoms with Gasteiger partial charge in [0.2, 0.25) is 0 Å². The van der Waals surface area contributed by atoms with Crippen LogP contribution in [0.5, 0.6) is 0 Å². The number of ether oxygens (including phenoxy) is 1. The third-order valence-corrected chi connectivity index (χ3v) is 3.43. The number of hydrogen-bond donors (Lipinski definition) is 1. The number of rotatable bonds is 7. The Morgan fingerprint density at radius 3 is 2.53 bits per heavy atom. The molecule has 0 aliphatic carbocycles. The van der Waals surface area contributed by atoms with Crippen LogP contribution in [-0.2, 0) is 11.3 Å². The van der Waals surface area contributed by atoms with E-state index in [1.165, 1.54) is 5.56 Å². The molecule has 17 heavy (non-hydrogen) atoms. The van der Waals surface area contributed by atoms with Gasteiger partial charge in [0.05, 0.1) is 12.1 Å². The van der Waals surface area contributed by atoms with Crippen molar-refractivity contribution in [2.45, 2.75) is 25.4 Å². The molecule has 1 aromatic rings. The molecule has 1 rings (SSSR count). The highest BCUT2D eigenvalue weighted by Crippen LogP contribution is 2.20. The van der Waals surface area contributed by atoms with Crippen LogP contribution in [0.3, 0.4) is 0 Å². The van der Waals surface area contributed by atoms with E-state index in [0.29, 0.717) is 13.2 Å². The van der Waals surface area contributed by atoms with Crippen molar-refractivity contribution in [3.63, 3.8) is 0 Å². The van der Waals surface area contributed by atoms with Crippen LogP contribution < -0.4 is 5.73 Å². The summed E-state index contributed by atoms with van der Waals surface area (Å²) >= 11 is 0. The number of pyridine rings is 1. The standard InChI is InChI=1S/C13H23N3O/c1-4-13(10-14,11-17-3)16(2)9-12-5-7-15-8-6-12/h5-8H,4,9-11,14H2,1-3H3. The number of nitrogens with two attached hydrogens (primary N) is 1. The molecule has 0 saturated heterocycles. The van der Waals surface area contributed by atoms with E-state index in [-0.39, 0.29) is 5.54 Å². The molecule has 0 spiro atoms. The quantitative estimate of drug-likeness (QED) is 0.776. The Hall–Kier alpha value is -0.970. The summed E-state index contributed by atoms with van der Waals surface area (Å²) in [6.07, 6.45) is 4.60. The normalized spacial score (nSPS) is 14.9. The Kier molecular flexibility index (Phi) is 5.55. The van der Waals surface area contributed by atoms with Crippen LogP contribution in [0, 0.1) is 0 Å². The van der Waals surface area contributed by atoms with Gasteiger partial charge in [-0.3, -0.25) is 9.88 Å². The van der Waals surface area contributed by atoms with Gasteiger partial charge in [-0.05, 0) is 31.2 Å². The Balaban J connectivity index is 2.75. The van der Waals surface area contributed by atoms with E-state index in [4.69, 9.17) is 10.5 Å². The highest BCUT2D eigenvalue weighted by molar-refractivity contribution is 5.10. The predicted octanol–water partition coefficient (Wildman–Crippen LogP) is 1.27. The second-order valence-electron chi connectivity index (χ2n) is 4.43. The molecule has 0 aliphatic heterocycles. The summed E-state index contributed by atoms with van der Waals surface area (Å²) in [4.78, 5) is 6.29. The minimum atomic E-state index is -0.0853. The number of likely N-dealkylation sites (N-methyl/N-ethyl adjacent to an activating group) is 1. The summed E-state index contributed by atoms with van der Waals surface area (Å²) in [5, 5.41) is 0. The number of aromatic nitrogens is 1. The van der Waals surface area contributed by atoms with Crippen molar-refractivity contribution >= 4 is 0 Å². The van der Waals surface area contributed by atoms with Gasteiger partial charge < -0.3 is 10.5 Å². The maximum absolute atomic E-state index is 5.92. The van der Waals surface area contributed by atoms with Crippen molar-refractivity contribution in [3.8, 4) is 0 Å². The average Bonchev–Trinajstić information content (AvgIpc) is 2.37. The van der Waals surface area contributed by atoms with Gasteiger partial charge in [0.25, 0.3) is 0 Å². The molecule has 0 aromatic carbocycles. The van der Waals surface area contributed by atoms with Gasteiger partial charge >= 0.3 is 0 Å². The Labute approximate surface area is 104 Å². The van der Waals surface area contributed by atoms with Crippen LogP contribution in [0.2, 0.25) is 0 Å². The van der Waals surface area contributed by atoms with Crippen LogP contribution in [0.4, 0.5) is 0 Å². The summed E-state index contributed by atoms with van der Waals surface area (Å²) in [6, 6.07) is 4.06. The number of nitrogens with zero attached hydrogens (tertiary/aromatic N) is 2. The van der Waals surface area contributed by atoms with Crippen LogP contribution in [0.15, 0.2) is 24.5 Å². The second-order valence-corrected chi connectivity index (χ2v) is 4.43. The zero-order valence-electron chi connectivity index (χ0n) is 11.0. The molecule has 96 valence electrons. The molecule has 0 aliphatic rings. The fraction of sp³-hybridized carbons (Fsp3) is 0.615. The molecule has 2 N–H and O–H groups in total. The smallest absolute Gasteiger partial charge is 0.0658 e. The molecular weight excluding hydrogens is 214 g/mol. The largest absolute Gasteiger partial charge is 0.383 e. The zero-order valence-corrected chi connectivity index (χ0v) is 11.0. The van der Waals surface area contributed by atoms with Crippen LogP contribution in [0.25, 0.3) is 0 Å². The highest BCUT2D eigenvalue weighted by atomic mass is 16.5. The van der Waals surface area contributed by atoms with E-state index < -0.39 is 0 Å². The summed E-state index contributed by atoms with van der Waals surface area (Å²) in [7, 11) is 3.82. The maximum atomic E-state index is 5.92. The van der Waals surface area contributed by atoms with Crippen molar-refractivity contribution < 1.29 is 4.74 Å². The van der Waals surface area contributed by atoms with Gasteiger partial charge in [-0.15, -0.1) is 0 Å². The summed E-state index contributed by atoms with van der Waals surface area (Å²) < 4.78 is 5.31. The number of methoxy groups -OCH3 is 1. The van der Waals surface area contributed by atoms with Gasteiger partial charge in [-0.25, -0.2) is 0 Å². The molecule has 1 atom stereocenters. The lowest BCUT2D eigenvalue weighted by molar-refractivity contribution is 0.0234. The predicted molar refractivity (Wildman–Crippen MR) is 69.7 cm³/mol. The van der Waals surface area contributed by atoms with Gasteiger partial charge in [0.1, 0.15) is 0 Å². The van der Waals surface area contributed by atoms with Gasteiger partial charge in [-0.2, -0.15) is 0 Å². The lowest BCUT2D eigenvalue weighted by Crippen LogP contribution is -2.54. The van der Waals surface area contributed by atoms with Crippen molar-refractivity contribution in [2.24, 2.45) is 5.73 Å². The summed E-state index contributed by atoms with van der Waals surface area (Å²) in [6.45, 7) is 4.26. The first-order valence-corrected chi connectivity index (χ1v) is 5.97. The van der Waals surface area contributed by atoms with Gasteiger partial charge in [0, 0.05) is 32.6 Å². The molecular formula is C13H23N3O. The Bertz CT molecular complexity index is 312. The van der Waals surface area contributed by atoms with Crippen molar-refractivity contribution in [2.75, 3.05) is 27.3 Å². The minimum Gasteiger partial charge on any atom is -0.383 e. The molecule has 1 aromatic heterocycles. The molecule has 4 nitrogen and oxygen atoms in total. The van der Waals surface area contributed by atoms with E-state index in [0.717, 1.165) is 13.0 Å². The highest BCUT2D eigenvalue weighted by Gasteiger charge is 2.31.